The van der Waals surface area contributed by atoms with Crippen molar-refractivity contribution < 1.29 is 0 Å². The molecule has 0 atom stereocenters. The third-order valence-electron chi connectivity index (χ3n) is 1.98. The van der Waals surface area contributed by atoms with Gasteiger partial charge < -0.3 is 0 Å². The van der Waals surface area contributed by atoms with E-state index in [0.29, 0.717) is 10.1 Å². The highest BCUT2D eigenvalue weighted by atomic mass is 127. The van der Waals surface area contributed by atoms with Crippen LogP contribution in [0, 0.1) is 3.57 Å². The summed E-state index contributed by atoms with van der Waals surface area (Å²) in [6.45, 7) is 0.388. The molecule has 0 fully saturated rings. The summed E-state index contributed by atoms with van der Waals surface area (Å²) in [5.74, 6) is 0.723. The fraction of sp³-hybridized carbons (Fsp3) is 0.250. The van der Waals surface area contributed by atoms with Crippen LogP contribution in [0.25, 0.3) is 0 Å². The minimum Gasteiger partial charge on any atom is -0.291 e. The lowest BCUT2D eigenvalue weighted by Gasteiger charge is -2.03. The minimum atomic E-state index is -0.0615. The fourth-order valence-corrected chi connectivity index (χ4v) is 1.62. The van der Waals surface area contributed by atoms with Crippen LogP contribution in [0.4, 0.5) is 0 Å². The third-order valence-corrected chi connectivity index (χ3v) is 2.72. The van der Waals surface area contributed by atoms with Crippen molar-refractivity contribution in [1.82, 2.24) is 24.3 Å². The molecule has 2 aromatic rings. The van der Waals surface area contributed by atoms with Gasteiger partial charge in [-0.1, -0.05) is 0 Å². The van der Waals surface area contributed by atoms with Gasteiger partial charge in [-0.3, -0.25) is 14.0 Å². The molecule has 0 saturated heterocycles. The van der Waals surface area contributed by atoms with Crippen molar-refractivity contribution in [1.29, 1.82) is 0 Å². The molecule has 2 heterocycles. The molecule has 0 N–H and O–H groups in total. The van der Waals surface area contributed by atoms with Gasteiger partial charge in [0.15, 0.2) is 0 Å². The van der Waals surface area contributed by atoms with Crippen molar-refractivity contribution in [2.75, 3.05) is 0 Å². The summed E-state index contributed by atoms with van der Waals surface area (Å²) in [6.07, 6.45) is 4.50. The van der Waals surface area contributed by atoms with Gasteiger partial charge in [-0.2, -0.15) is 5.10 Å². The number of rotatable bonds is 2. The molecular formula is C8H8IN5O. The van der Waals surface area contributed by atoms with E-state index in [-0.39, 0.29) is 5.56 Å². The second kappa shape index (κ2) is 4.09. The summed E-state index contributed by atoms with van der Waals surface area (Å²) in [7, 11) is 1.79. The van der Waals surface area contributed by atoms with Crippen LogP contribution in [0.2, 0.25) is 0 Å². The van der Waals surface area contributed by atoms with E-state index in [4.69, 9.17) is 0 Å². The molecule has 6 nitrogen and oxygen atoms in total. The molecule has 0 spiro atoms. The third kappa shape index (κ3) is 2.06. The van der Waals surface area contributed by atoms with Gasteiger partial charge in [-0.15, -0.1) is 0 Å². The Kier molecular flexibility index (Phi) is 2.80. The molecule has 0 amide bonds. The number of halogens is 1. The Bertz CT molecular complexity index is 532. The predicted molar refractivity (Wildman–Crippen MR) is 61.3 cm³/mol. The van der Waals surface area contributed by atoms with E-state index in [9.17, 15) is 4.79 Å². The molecule has 0 aliphatic carbocycles. The molecule has 0 bridgehead atoms. The summed E-state index contributed by atoms with van der Waals surface area (Å²) >= 11 is 1.96. The molecule has 0 unspecified atom stereocenters. The van der Waals surface area contributed by atoms with Crippen LogP contribution in [0.1, 0.15) is 5.82 Å². The average molecular weight is 317 g/mol. The lowest BCUT2D eigenvalue weighted by Crippen LogP contribution is -2.24. The molecule has 2 rings (SSSR count). The predicted octanol–water partition coefficient (Wildman–Crippen LogP) is 0.0247. The Morgan fingerprint density at radius 3 is 3.00 bits per heavy atom. The van der Waals surface area contributed by atoms with Crippen molar-refractivity contribution in [3.8, 4) is 0 Å². The Labute approximate surface area is 99.1 Å². The summed E-state index contributed by atoms with van der Waals surface area (Å²) < 4.78 is 3.73. The first kappa shape index (κ1) is 10.3. The SMILES string of the molecule is Cn1ncnc1Cn1cncc(I)c1=O. The summed E-state index contributed by atoms with van der Waals surface area (Å²) in [4.78, 5) is 19.7. The van der Waals surface area contributed by atoms with Crippen LogP contribution >= 0.6 is 22.6 Å². The van der Waals surface area contributed by atoms with Crippen molar-refractivity contribution in [3.05, 3.63) is 38.6 Å². The zero-order valence-corrected chi connectivity index (χ0v) is 10.1. The molecule has 0 aliphatic rings. The molecular weight excluding hydrogens is 309 g/mol. The van der Waals surface area contributed by atoms with Crippen LogP contribution in [0.3, 0.4) is 0 Å². The molecule has 0 aliphatic heterocycles. The Morgan fingerprint density at radius 2 is 2.33 bits per heavy atom. The molecule has 0 saturated carbocycles. The van der Waals surface area contributed by atoms with E-state index in [1.807, 2.05) is 22.6 Å². The lowest BCUT2D eigenvalue weighted by atomic mass is 10.5. The topological polar surface area (TPSA) is 65.6 Å². The van der Waals surface area contributed by atoms with Crippen LogP contribution in [-0.2, 0) is 13.6 Å². The van der Waals surface area contributed by atoms with Crippen molar-refractivity contribution in [2.24, 2.45) is 7.05 Å². The standard InChI is InChI=1S/C8H8IN5O/c1-13-7(11-4-12-13)3-14-5-10-2-6(9)8(14)15/h2,4-5H,3H2,1H3. The van der Waals surface area contributed by atoms with Crippen LogP contribution in [0.15, 0.2) is 23.6 Å². The monoisotopic (exact) mass is 317 g/mol. The minimum absolute atomic E-state index is 0.0615. The maximum absolute atomic E-state index is 11.7. The smallest absolute Gasteiger partial charge is 0.267 e. The highest BCUT2D eigenvalue weighted by Crippen LogP contribution is 1.96. The molecule has 7 heteroatoms. The molecule has 2 aromatic heterocycles. The van der Waals surface area contributed by atoms with Gasteiger partial charge in [0, 0.05) is 13.2 Å². The second-order valence-corrected chi connectivity index (χ2v) is 4.14. The van der Waals surface area contributed by atoms with Gasteiger partial charge in [0.1, 0.15) is 12.2 Å². The number of aryl methyl sites for hydroxylation is 1. The molecule has 15 heavy (non-hydrogen) atoms. The van der Waals surface area contributed by atoms with Crippen LogP contribution < -0.4 is 5.56 Å². The number of hydrogen-bond acceptors (Lipinski definition) is 4. The van der Waals surface area contributed by atoms with Crippen LogP contribution in [0.5, 0.6) is 0 Å². The molecule has 0 radical (unpaired) electrons. The van der Waals surface area contributed by atoms with Gasteiger partial charge >= 0.3 is 0 Å². The van der Waals surface area contributed by atoms with E-state index >= 15 is 0 Å². The highest BCUT2D eigenvalue weighted by molar-refractivity contribution is 14.1. The second-order valence-electron chi connectivity index (χ2n) is 2.97. The van der Waals surface area contributed by atoms with E-state index in [0.717, 1.165) is 5.82 Å². The van der Waals surface area contributed by atoms with Gasteiger partial charge in [0.2, 0.25) is 0 Å². The summed E-state index contributed by atoms with van der Waals surface area (Å²) in [6, 6.07) is 0. The summed E-state index contributed by atoms with van der Waals surface area (Å²) in [5.41, 5.74) is -0.0615. The van der Waals surface area contributed by atoms with Gasteiger partial charge in [0.05, 0.1) is 16.4 Å². The number of nitrogens with zero attached hydrogens (tertiary/aromatic N) is 5. The first-order chi connectivity index (χ1) is 7.18. The van der Waals surface area contributed by atoms with Gasteiger partial charge in [0.25, 0.3) is 5.56 Å². The van der Waals surface area contributed by atoms with Crippen molar-refractivity contribution in [3.63, 3.8) is 0 Å². The number of aromatic nitrogens is 5. The largest absolute Gasteiger partial charge is 0.291 e. The summed E-state index contributed by atoms with van der Waals surface area (Å²) in [5, 5.41) is 3.93. The van der Waals surface area contributed by atoms with E-state index < -0.39 is 0 Å². The normalized spacial score (nSPS) is 10.5. The van der Waals surface area contributed by atoms with Gasteiger partial charge in [-0.25, -0.2) is 9.97 Å². The Balaban J connectivity index is 2.37. The average Bonchev–Trinajstić information content (AvgIpc) is 2.60. The maximum Gasteiger partial charge on any atom is 0.267 e. The first-order valence-electron chi connectivity index (χ1n) is 4.21. The Hall–Kier alpha value is -1.25. The maximum atomic E-state index is 11.7. The Morgan fingerprint density at radius 1 is 1.53 bits per heavy atom. The quantitative estimate of drug-likeness (QED) is 0.733. The van der Waals surface area contributed by atoms with Crippen molar-refractivity contribution in [2.45, 2.75) is 6.54 Å². The van der Waals surface area contributed by atoms with E-state index in [1.165, 1.54) is 23.4 Å². The van der Waals surface area contributed by atoms with E-state index in [2.05, 4.69) is 15.1 Å². The lowest BCUT2D eigenvalue weighted by molar-refractivity contribution is 0.631. The number of hydrogen-bond donors (Lipinski definition) is 0. The zero-order valence-electron chi connectivity index (χ0n) is 7.96. The van der Waals surface area contributed by atoms with Crippen molar-refractivity contribution >= 4 is 22.6 Å². The molecule has 0 aromatic carbocycles. The fourth-order valence-electron chi connectivity index (χ4n) is 1.15. The first-order valence-corrected chi connectivity index (χ1v) is 5.29. The van der Waals surface area contributed by atoms with Crippen LogP contribution in [-0.4, -0.2) is 24.3 Å². The highest BCUT2D eigenvalue weighted by Gasteiger charge is 2.05. The zero-order chi connectivity index (χ0) is 10.8. The van der Waals surface area contributed by atoms with E-state index in [1.54, 1.807) is 11.7 Å². The van der Waals surface area contributed by atoms with Gasteiger partial charge in [-0.05, 0) is 22.6 Å². The molecule has 78 valence electrons.